The molecule has 4 bridgehead atoms. The average molecular weight is 479 g/mol. The molecule has 2 saturated heterocycles. The molecule has 0 radical (unpaired) electrons. The van der Waals surface area contributed by atoms with E-state index in [-0.39, 0.29) is 35.7 Å². The van der Waals surface area contributed by atoms with Crippen LogP contribution in [0, 0.1) is 23.2 Å². The first-order chi connectivity index (χ1) is 16.1. The molecular weight excluding hydrogens is 432 g/mol. The van der Waals surface area contributed by atoms with Crippen LogP contribution in [0.5, 0.6) is 0 Å². The highest BCUT2D eigenvalue weighted by molar-refractivity contribution is 5.77. The topological polar surface area (TPSA) is 63.2 Å². The SMILES string of the molecule is CC(C)CC(C)(C(=O)OC12CC3CC(OC4CCCO4)(C1)CC(OC1CCCO1)(C3)C2)C(C)C. The zero-order valence-corrected chi connectivity index (χ0v) is 22.0. The number of rotatable bonds is 9. The molecule has 6 heteroatoms. The van der Waals surface area contributed by atoms with E-state index < -0.39 is 11.0 Å². The molecule has 4 saturated carbocycles. The molecule has 0 aromatic heterocycles. The van der Waals surface area contributed by atoms with Gasteiger partial charge in [0.2, 0.25) is 0 Å². The highest BCUT2D eigenvalue weighted by Crippen LogP contribution is 2.64. The number of hydrogen-bond donors (Lipinski definition) is 0. The highest BCUT2D eigenvalue weighted by atomic mass is 16.7. The fourth-order valence-electron chi connectivity index (χ4n) is 8.11. The van der Waals surface area contributed by atoms with Crippen molar-refractivity contribution < 1.29 is 28.5 Å². The maximum Gasteiger partial charge on any atom is 0.312 e. The van der Waals surface area contributed by atoms with E-state index in [1.54, 1.807) is 0 Å². The smallest absolute Gasteiger partial charge is 0.312 e. The van der Waals surface area contributed by atoms with Crippen LogP contribution >= 0.6 is 0 Å². The molecule has 0 aromatic carbocycles. The minimum absolute atomic E-state index is 0.0438. The Labute approximate surface area is 205 Å². The second-order valence-corrected chi connectivity index (χ2v) is 13.2. The van der Waals surface area contributed by atoms with E-state index in [0.717, 1.165) is 83.8 Å². The van der Waals surface area contributed by atoms with Gasteiger partial charge in [0.05, 0.1) is 16.6 Å². The summed E-state index contributed by atoms with van der Waals surface area (Å²) in [7, 11) is 0. The lowest BCUT2D eigenvalue weighted by molar-refractivity contribution is -0.332. The molecule has 194 valence electrons. The van der Waals surface area contributed by atoms with Gasteiger partial charge < -0.3 is 23.7 Å². The van der Waals surface area contributed by atoms with Crippen molar-refractivity contribution >= 4 is 5.97 Å². The summed E-state index contributed by atoms with van der Waals surface area (Å²) in [6, 6.07) is 0. The third-order valence-electron chi connectivity index (χ3n) is 9.34. The predicted octanol–water partition coefficient (Wildman–Crippen LogP) is 5.76. The van der Waals surface area contributed by atoms with Crippen LogP contribution in [0.4, 0.5) is 0 Å². The van der Waals surface area contributed by atoms with E-state index >= 15 is 0 Å². The van der Waals surface area contributed by atoms with Crippen LogP contribution in [0.1, 0.15) is 105 Å². The molecule has 6 aliphatic rings. The minimum atomic E-state index is -0.527. The lowest BCUT2D eigenvalue weighted by atomic mass is 9.50. The Bertz CT molecular complexity index is 718. The van der Waals surface area contributed by atoms with Crippen LogP contribution in [0.25, 0.3) is 0 Å². The first-order valence-electron chi connectivity index (χ1n) is 13.9. The van der Waals surface area contributed by atoms with Gasteiger partial charge in [-0.15, -0.1) is 0 Å². The van der Waals surface area contributed by atoms with Crippen molar-refractivity contribution in [2.24, 2.45) is 23.2 Å². The zero-order chi connectivity index (χ0) is 24.2. The van der Waals surface area contributed by atoms with Crippen LogP contribution in [0.3, 0.4) is 0 Å². The molecule has 2 aliphatic heterocycles. The quantitative estimate of drug-likeness (QED) is 0.393. The molecule has 0 aromatic rings. The lowest BCUT2D eigenvalue weighted by Crippen LogP contribution is -2.69. The molecule has 5 atom stereocenters. The Morgan fingerprint density at radius 2 is 1.38 bits per heavy atom. The van der Waals surface area contributed by atoms with Crippen molar-refractivity contribution in [2.75, 3.05) is 13.2 Å². The Hall–Kier alpha value is -0.690. The molecule has 6 nitrogen and oxygen atoms in total. The van der Waals surface area contributed by atoms with E-state index in [1.165, 1.54) is 0 Å². The monoisotopic (exact) mass is 478 g/mol. The van der Waals surface area contributed by atoms with Gasteiger partial charge in [-0.05, 0) is 63.2 Å². The Morgan fingerprint density at radius 1 is 0.882 bits per heavy atom. The van der Waals surface area contributed by atoms with Crippen LogP contribution < -0.4 is 0 Å². The van der Waals surface area contributed by atoms with Gasteiger partial charge in [0.15, 0.2) is 12.6 Å². The van der Waals surface area contributed by atoms with Gasteiger partial charge in [0, 0.05) is 45.3 Å². The summed E-state index contributed by atoms with van der Waals surface area (Å²) < 4.78 is 32.0. The van der Waals surface area contributed by atoms with Gasteiger partial charge in [0.1, 0.15) is 5.60 Å². The van der Waals surface area contributed by atoms with Crippen molar-refractivity contribution in [1.82, 2.24) is 0 Å². The number of esters is 1. The van der Waals surface area contributed by atoms with E-state index in [0.29, 0.717) is 11.8 Å². The van der Waals surface area contributed by atoms with Gasteiger partial charge in [-0.3, -0.25) is 4.79 Å². The van der Waals surface area contributed by atoms with Crippen molar-refractivity contribution in [2.45, 2.75) is 135 Å². The third kappa shape index (κ3) is 4.69. The molecule has 2 heterocycles. The molecule has 4 aliphatic carbocycles. The van der Waals surface area contributed by atoms with Crippen LogP contribution in [-0.4, -0.2) is 48.6 Å². The van der Waals surface area contributed by atoms with Gasteiger partial charge in [-0.2, -0.15) is 0 Å². The zero-order valence-electron chi connectivity index (χ0n) is 22.0. The number of carbonyl (C=O) groups is 1. The first-order valence-corrected chi connectivity index (χ1v) is 13.9. The summed E-state index contributed by atoms with van der Waals surface area (Å²) >= 11 is 0. The fourth-order valence-corrected chi connectivity index (χ4v) is 8.11. The van der Waals surface area contributed by atoms with Crippen molar-refractivity contribution in [3.05, 3.63) is 0 Å². The molecule has 6 rings (SSSR count). The first kappa shape index (κ1) is 25.0. The van der Waals surface area contributed by atoms with E-state index in [9.17, 15) is 4.79 Å². The molecule has 6 fully saturated rings. The maximum absolute atomic E-state index is 13.9. The molecule has 0 spiro atoms. The predicted molar refractivity (Wildman–Crippen MR) is 128 cm³/mol. The van der Waals surface area contributed by atoms with Crippen molar-refractivity contribution in [3.8, 4) is 0 Å². The summed E-state index contributed by atoms with van der Waals surface area (Å²) in [6.07, 6.45) is 9.82. The average Bonchev–Trinajstić information content (AvgIpc) is 3.39. The minimum Gasteiger partial charge on any atom is -0.458 e. The Balaban J connectivity index is 1.43. The second kappa shape index (κ2) is 9.00. The van der Waals surface area contributed by atoms with Crippen molar-refractivity contribution in [3.63, 3.8) is 0 Å². The largest absolute Gasteiger partial charge is 0.458 e. The van der Waals surface area contributed by atoms with Gasteiger partial charge in [-0.1, -0.05) is 27.7 Å². The lowest BCUT2D eigenvalue weighted by Gasteiger charge is -2.65. The highest BCUT2D eigenvalue weighted by Gasteiger charge is 2.68. The Morgan fingerprint density at radius 3 is 1.82 bits per heavy atom. The van der Waals surface area contributed by atoms with Crippen LogP contribution in [-0.2, 0) is 28.5 Å². The van der Waals surface area contributed by atoms with Crippen LogP contribution in [0.2, 0.25) is 0 Å². The number of hydrogen-bond acceptors (Lipinski definition) is 6. The van der Waals surface area contributed by atoms with Crippen LogP contribution in [0.15, 0.2) is 0 Å². The van der Waals surface area contributed by atoms with Gasteiger partial charge in [0.25, 0.3) is 0 Å². The third-order valence-corrected chi connectivity index (χ3v) is 9.34. The van der Waals surface area contributed by atoms with Gasteiger partial charge in [-0.25, -0.2) is 0 Å². The summed E-state index contributed by atoms with van der Waals surface area (Å²) in [5.41, 5.74) is -1.72. The summed E-state index contributed by atoms with van der Waals surface area (Å²) in [6.45, 7) is 12.3. The van der Waals surface area contributed by atoms with E-state index in [2.05, 4.69) is 34.6 Å². The standard InChI is InChI=1S/C28H46O6/c1-19(2)12-25(5,20(3)4)24(29)34-28-15-21-13-26(17-28,32-22-8-6-10-30-22)16-27(14-21,18-28)33-23-9-7-11-31-23/h19-23H,6-18H2,1-5H3. The summed E-state index contributed by atoms with van der Waals surface area (Å²) in [5.74, 6) is 1.03. The number of ether oxygens (including phenoxy) is 5. The van der Waals surface area contributed by atoms with Crippen molar-refractivity contribution in [1.29, 1.82) is 0 Å². The molecular formula is C28H46O6. The number of carbonyl (C=O) groups excluding carboxylic acids is 1. The summed E-state index contributed by atoms with van der Waals surface area (Å²) in [5, 5.41) is 0. The summed E-state index contributed by atoms with van der Waals surface area (Å²) in [4.78, 5) is 13.9. The normalized spacial score (nSPS) is 43.1. The molecule has 0 N–H and O–H groups in total. The fraction of sp³-hybridized carbons (Fsp3) is 0.964. The molecule has 0 amide bonds. The van der Waals surface area contributed by atoms with E-state index in [1.807, 2.05) is 0 Å². The van der Waals surface area contributed by atoms with Gasteiger partial charge >= 0.3 is 5.97 Å². The van der Waals surface area contributed by atoms with E-state index in [4.69, 9.17) is 23.7 Å². The Kier molecular flexibility index (Phi) is 6.62. The second-order valence-electron chi connectivity index (χ2n) is 13.2. The molecule has 34 heavy (non-hydrogen) atoms. The maximum atomic E-state index is 13.9. The molecule has 5 unspecified atom stereocenters.